The second-order valence-corrected chi connectivity index (χ2v) is 7.56. The Morgan fingerprint density at radius 1 is 1.42 bits per heavy atom. The molecule has 0 N–H and O–H groups in total. The summed E-state index contributed by atoms with van der Waals surface area (Å²) >= 11 is 1.51. The number of carbonyl (C=O) groups is 1. The van der Waals surface area contributed by atoms with Crippen molar-refractivity contribution < 1.29 is 9.53 Å². The van der Waals surface area contributed by atoms with Gasteiger partial charge in [0.2, 0.25) is 0 Å². The van der Waals surface area contributed by atoms with Crippen molar-refractivity contribution >= 4 is 17.2 Å². The summed E-state index contributed by atoms with van der Waals surface area (Å²) in [6, 6.07) is 3.83. The number of ether oxygens (including phenoxy) is 1. The molecule has 6 nitrogen and oxygen atoms in total. The Hall–Kier alpha value is -1.70. The summed E-state index contributed by atoms with van der Waals surface area (Å²) in [6.07, 6.45) is 4.14. The van der Waals surface area contributed by atoms with Gasteiger partial charge in [-0.15, -0.1) is 11.3 Å². The predicted octanol–water partition coefficient (Wildman–Crippen LogP) is 1.45. The van der Waals surface area contributed by atoms with Crippen molar-refractivity contribution in [1.82, 2.24) is 19.6 Å². The fourth-order valence-electron chi connectivity index (χ4n) is 3.64. The molecule has 2 aromatic rings. The SMILES string of the molecule is Cn1cc(CN2CCO[C@H]3CN(C(=O)c4cccs4)C[C@H]3C2)cn1. The highest BCUT2D eigenvalue weighted by Gasteiger charge is 2.38. The molecule has 4 rings (SSSR count). The quantitative estimate of drug-likeness (QED) is 0.844. The van der Waals surface area contributed by atoms with Crippen LogP contribution in [0.2, 0.25) is 0 Å². The second-order valence-electron chi connectivity index (χ2n) is 6.61. The highest BCUT2D eigenvalue weighted by Crippen LogP contribution is 2.26. The van der Waals surface area contributed by atoms with Crippen LogP contribution in [-0.2, 0) is 18.3 Å². The third-order valence-electron chi connectivity index (χ3n) is 4.80. The smallest absolute Gasteiger partial charge is 0.264 e. The molecule has 0 saturated carbocycles. The third kappa shape index (κ3) is 3.24. The molecule has 0 bridgehead atoms. The lowest BCUT2D eigenvalue weighted by atomic mass is 10.1. The predicted molar refractivity (Wildman–Crippen MR) is 91.9 cm³/mol. The Bertz CT molecular complexity index is 699. The lowest BCUT2D eigenvalue weighted by molar-refractivity contribution is 0.0484. The van der Waals surface area contributed by atoms with E-state index in [0.29, 0.717) is 12.5 Å². The number of nitrogens with zero attached hydrogens (tertiary/aromatic N) is 4. The number of rotatable bonds is 3. The number of aryl methyl sites for hydroxylation is 1. The maximum atomic E-state index is 12.6. The number of carbonyl (C=O) groups excluding carboxylic acids is 1. The second kappa shape index (κ2) is 6.66. The van der Waals surface area contributed by atoms with Crippen molar-refractivity contribution in [2.45, 2.75) is 12.6 Å². The standard InChI is InChI=1S/C17H22N4O2S/c1-19-8-13(7-18-19)9-20-4-5-23-15-12-21(11-14(15)10-20)17(22)16-3-2-6-24-16/h2-3,6-8,14-15H,4-5,9-12H2,1H3/t14-,15+/m1/s1. The minimum Gasteiger partial charge on any atom is -0.375 e. The monoisotopic (exact) mass is 346 g/mol. The van der Waals surface area contributed by atoms with Crippen LogP contribution >= 0.6 is 11.3 Å². The van der Waals surface area contributed by atoms with Gasteiger partial charge in [0.1, 0.15) is 0 Å². The van der Waals surface area contributed by atoms with Crippen molar-refractivity contribution in [3.05, 3.63) is 40.3 Å². The van der Waals surface area contributed by atoms with Crippen LogP contribution in [0.1, 0.15) is 15.2 Å². The molecule has 2 saturated heterocycles. The maximum Gasteiger partial charge on any atom is 0.264 e. The summed E-state index contributed by atoms with van der Waals surface area (Å²) in [4.78, 5) is 17.8. The molecule has 2 aliphatic heterocycles. The van der Waals surface area contributed by atoms with Gasteiger partial charge in [-0.25, -0.2) is 0 Å². The van der Waals surface area contributed by atoms with Gasteiger partial charge in [-0.05, 0) is 11.4 Å². The molecule has 0 radical (unpaired) electrons. The zero-order chi connectivity index (χ0) is 16.5. The van der Waals surface area contributed by atoms with Crippen molar-refractivity contribution in [3.63, 3.8) is 0 Å². The molecule has 4 heterocycles. The van der Waals surface area contributed by atoms with Gasteiger partial charge in [0, 0.05) is 57.4 Å². The molecule has 2 aromatic heterocycles. The van der Waals surface area contributed by atoms with Crippen LogP contribution in [0.4, 0.5) is 0 Å². The molecule has 2 aliphatic rings. The molecular weight excluding hydrogens is 324 g/mol. The van der Waals surface area contributed by atoms with Gasteiger partial charge in [0.25, 0.3) is 5.91 Å². The van der Waals surface area contributed by atoms with Gasteiger partial charge in [0.15, 0.2) is 0 Å². The molecule has 0 unspecified atom stereocenters. The van der Waals surface area contributed by atoms with Crippen LogP contribution in [0.5, 0.6) is 0 Å². The third-order valence-corrected chi connectivity index (χ3v) is 5.65. The average Bonchev–Trinajstić information content (AvgIpc) is 3.28. The molecule has 0 aliphatic carbocycles. The van der Waals surface area contributed by atoms with Gasteiger partial charge >= 0.3 is 0 Å². The molecule has 2 atom stereocenters. The van der Waals surface area contributed by atoms with Crippen LogP contribution < -0.4 is 0 Å². The molecule has 7 heteroatoms. The summed E-state index contributed by atoms with van der Waals surface area (Å²) in [6.45, 7) is 5.00. The van der Waals surface area contributed by atoms with Gasteiger partial charge in [-0.2, -0.15) is 5.10 Å². The molecule has 0 spiro atoms. The van der Waals surface area contributed by atoms with E-state index in [1.807, 2.05) is 40.3 Å². The van der Waals surface area contributed by atoms with Crippen molar-refractivity contribution in [2.75, 3.05) is 32.8 Å². The first-order valence-electron chi connectivity index (χ1n) is 8.33. The topological polar surface area (TPSA) is 50.6 Å². The minimum absolute atomic E-state index is 0.139. The highest BCUT2D eigenvalue weighted by molar-refractivity contribution is 7.12. The van der Waals surface area contributed by atoms with Crippen LogP contribution in [0, 0.1) is 5.92 Å². The minimum atomic E-state index is 0.139. The fraction of sp³-hybridized carbons (Fsp3) is 0.529. The Kier molecular flexibility index (Phi) is 4.39. The first kappa shape index (κ1) is 15.8. The Labute approximate surface area is 145 Å². The number of likely N-dealkylation sites (tertiary alicyclic amines) is 1. The van der Waals surface area contributed by atoms with Gasteiger partial charge in [0.05, 0.1) is 23.8 Å². The van der Waals surface area contributed by atoms with E-state index in [4.69, 9.17) is 4.74 Å². The average molecular weight is 346 g/mol. The maximum absolute atomic E-state index is 12.6. The summed E-state index contributed by atoms with van der Waals surface area (Å²) in [7, 11) is 1.94. The molecule has 24 heavy (non-hydrogen) atoms. The number of aromatic nitrogens is 2. The number of thiophene rings is 1. The Morgan fingerprint density at radius 2 is 2.33 bits per heavy atom. The van der Waals surface area contributed by atoms with Crippen molar-refractivity contribution in [3.8, 4) is 0 Å². The zero-order valence-electron chi connectivity index (χ0n) is 13.8. The lowest BCUT2D eigenvalue weighted by Gasteiger charge is -2.22. The molecule has 2 fully saturated rings. The van der Waals surface area contributed by atoms with Crippen LogP contribution in [0.15, 0.2) is 29.9 Å². The van der Waals surface area contributed by atoms with E-state index in [1.54, 1.807) is 0 Å². The van der Waals surface area contributed by atoms with Crippen molar-refractivity contribution in [2.24, 2.45) is 13.0 Å². The summed E-state index contributed by atoms with van der Waals surface area (Å²) in [5.41, 5.74) is 1.22. The summed E-state index contributed by atoms with van der Waals surface area (Å²) in [5, 5.41) is 6.19. The zero-order valence-corrected chi connectivity index (χ0v) is 14.6. The normalized spacial score (nSPS) is 24.8. The van der Waals surface area contributed by atoms with E-state index in [1.165, 1.54) is 16.9 Å². The Balaban J connectivity index is 1.40. The molecule has 0 aromatic carbocycles. The van der Waals surface area contributed by atoms with Crippen molar-refractivity contribution in [1.29, 1.82) is 0 Å². The number of hydrogen-bond acceptors (Lipinski definition) is 5. The first-order valence-corrected chi connectivity index (χ1v) is 9.21. The summed E-state index contributed by atoms with van der Waals surface area (Å²) in [5.74, 6) is 0.522. The lowest BCUT2D eigenvalue weighted by Crippen LogP contribution is -2.33. The van der Waals surface area contributed by atoms with E-state index in [-0.39, 0.29) is 12.0 Å². The van der Waals surface area contributed by atoms with Crippen LogP contribution in [0.25, 0.3) is 0 Å². The number of fused-ring (bicyclic) bond motifs is 1. The number of amides is 1. The van der Waals surface area contributed by atoms with E-state index >= 15 is 0 Å². The van der Waals surface area contributed by atoms with Gasteiger partial charge in [-0.3, -0.25) is 14.4 Å². The van der Waals surface area contributed by atoms with Gasteiger partial charge < -0.3 is 9.64 Å². The van der Waals surface area contributed by atoms with E-state index < -0.39 is 0 Å². The molecule has 128 valence electrons. The highest BCUT2D eigenvalue weighted by atomic mass is 32.1. The van der Waals surface area contributed by atoms with Crippen LogP contribution in [0.3, 0.4) is 0 Å². The molecule has 1 amide bonds. The molecular formula is C17H22N4O2S. The largest absolute Gasteiger partial charge is 0.375 e. The van der Waals surface area contributed by atoms with Crippen LogP contribution in [-0.4, -0.2) is 64.4 Å². The van der Waals surface area contributed by atoms with E-state index in [9.17, 15) is 4.79 Å². The Morgan fingerprint density at radius 3 is 3.08 bits per heavy atom. The number of hydrogen-bond donors (Lipinski definition) is 0. The van der Waals surface area contributed by atoms with Gasteiger partial charge in [-0.1, -0.05) is 6.07 Å². The fourth-order valence-corrected chi connectivity index (χ4v) is 4.33. The van der Waals surface area contributed by atoms with E-state index in [0.717, 1.165) is 37.7 Å². The first-order chi connectivity index (χ1) is 11.7. The van der Waals surface area contributed by atoms with E-state index in [2.05, 4.69) is 16.2 Å². The summed E-state index contributed by atoms with van der Waals surface area (Å²) < 4.78 is 7.88.